The number of allylic oxidation sites excluding steroid dienone is 2. The summed E-state index contributed by atoms with van der Waals surface area (Å²) in [6, 6.07) is 14.5. The van der Waals surface area contributed by atoms with Gasteiger partial charge >= 0.3 is 0 Å². The Kier molecular flexibility index (Phi) is 10.1. The topological polar surface area (TPSA) is 121 Å². The van der Waals surface area contributed by atoms with E-state index in [1.807, 2.05) is 36.6 Å². The van der Waals surface area contributed by atoms with Crippen molar-refractivity contribution in [2.75, 3.05) is 32.5 Å². The van der Waals surface area contributed by atoms with Gasteiger partial charge in [0.1, 0.15) is 6.07 Å². The van der Waals surface area contributed by atoms with Crippen LogP contribution in [0.4, 0.5) is 0 Å². The third-order valence-electron chi connectivity index (χ3n) is 5.66. The highest BCUT2D eigenvalue weighted by Crippen LogP contribution is 2.54. The normalized spacial score (nSPS) is 21.6. The Morgan fingerprint density at radius 3 is 2.23 bits per heavy atom. The van der Waals surface area contributed by atoms with E-state index in [1.165, 1.54) is 0 Å². The molecule has 1 aromatic rings. The van der Waals surface area contributed by atoms with Gasteiger partial charge in [0.05, 0.1) is 23.4 Å². The fraction of sp³-hybridized carbons (Fsp3) is 0.435. The largest absolute Gasteiger partial charge is 0.399 e. The second-order valence-corrected chi connectivity index (χ2v) is 8.00. The second kappa shape index (κ2) is 11.8. The number of aliphatic hydroxyl groups is 1. The molecule has 0 radical (unpaired) electrons. The van der Waals surface area contributed by atoms with E-state index in [4.69, 9.17) is 10.8 Å². The molecule has 0 saturated heterocycles. The Balaban J connectivity index is 0.00000113. The van der Waals surface area contributed by atoms with Crippen LogP contribution in [-0.4, -0.2) is 42.5 Å². The number of hydrogen-bond donors (Lipinski definition) is 2. The van der Waals surface area contributed by atoms with Gasteiger partial charge in [0.15, 0.2) is 5.41 Å². The van der Waals surface area contributed by atoms with Crippen molar-refractivity contribution in [3.8, 4) is 18.2 Å². The molecular weight excluding hydrogens is 430 g/mol. The van der Waals surface area contributed by atoms with Crippen LogP contribution in [0.15, 0.2) is 52.1 Å². The van der Waals surface area contributed by atoms with Crippen molar-refractivity contribution in [1.82, 2.24) is 4.90 Å². The molecule has 0 spiro atoms. The molecule has 3 rings (SSSR count). The molecular formula is C23H28ClN5OS. The lowest BCUT2D eigenvalue weighted by Crippen LogP contribution is -2.48. The fourth-order valence-corrected chi connectivity index (χ4v) is 4.59. The number of hydrogen-bond acceptors (Lipinski definition) is 7. The molecule has 2 aliphatic rings. The zero-order valence-corrected chi connectivity index (χ0v) is 19.6. The fourth-order valence-electron chi connectivity index (χ4n) is 4.19. The van der Waals surface area contributed by atoms with Gasteiger partial charge in [-0.15, -0.1) is 24.2 Å². The number of fused-ring (bicyclic) bond motifs is 1. The molecule has 0 amide bonds. The number of nitrogens with two attached hydrogens (primary N) is 1. The third kappa shape index (κ3) is 4.90. The summed E-state index contributed by atoms with van der Waals surface area (Å²) in [6.45, 7) is 6.32. The number of rotatable bonds is 3. The van der Waals surface area contributed by atoms with Crippen LogP contribution in [0.1, 0.15) is 25.3 Å². The first-order chi connectivity index (χ1) is 14.5. The Hall–Kier alpha value is -2.47. The molecule has 31 heavy (non-hydrogen) atoms. The van der Waals surface area contributed by atoms with Crippen LogP contribution in [-0.2, 0) is 0 Å². The van der Waals surface area contributed by atoms with E-state index in [0.717, 1.165) is 29.1 Å². The maximum Gasteiger partial charge on any atom is 0.191 e. The van der Waals surface area contributed by atoms with E-state index in [-0.39, 0.29) is 30.6 Å². The molecule has 6 nitrogen and oxygen atoms in total. The number of nitriles is 3. The lowest BCUT2D eigenvalue weighted by Gasteiger charge is -2.45. The summed E-state index contributed by atoms with van der Waals surface area (Å²) in [5.41, 5.74) is 6.92. The first-order valence-corrected chi connectivity index (χ1v) is 11.1. The highest BCUT2D eigenvalue weighted by atomic mass is 35.5. The van der Waals surface area contributed by atoms with E-state index in [9.17, 15) is 15.8 Å². The Bertz CT molecular complexity index is 938. The van der Waals surface area contributed by atoms with Crippen LogP contribution in [0.3, 0.4) is 0 Å². The van der Waals surface area contributed by atoms with Gasteiger partial charge < -0.3 is 10.8 Å². The van der Waals surface area contributed by atoms with Crippen LogP contribution in [0.25, 0.3) is 0 Å². The summed E-state index contributed by atoms with van der Waals surface area (Å²) in [5, 5.41) is 37.4. The smallest absolute Gasteiger partial charge is 0.191 e. The first kappa shape index (κ1) is 26.6. The van der Waals surface area contributed by atoms with Crippen molar-refractivity contribution in [2.24, 2.45) is 17.1 Å². The van der Waals surface area contributed by atoms with Gasteiger partial charge in [-0.3, -0.25) is 4.90 Å². The number of nitrogens with zero attached hydrogens (tertiary/aromatic N) is 4. The molecule has 1 heterocycles. The summed E-state index contributed by atoms with van der Waals surface area (Å²) in [6.07, 6.45) is 4.04. The molecule has 0 bridgehead atoms. The average Bonchev–Trinajstić information content (AvgIpc) is 2.79. The summed E-state index contributed by atoms with van der Waals surface area (Å²) >= 11 is 1.64. The summed E-state index contributed by atoms with van der Waals surface area (Å²) in [7, 11) is 0. The Labute approximate surface area is 195 Å². The molecule has 0 fully saturated rings. The van der Waals surface area contributed by atoms with E-state index in [0.29, 0.717) is 12.1 Å². The summed E-state index contributed by atoms with van der Waals surface area (Å²) in [4.78, 5) is 3.37. The minimum absolute atomic E-state index is 0. The number of benzene rings is 1. The lowest BCUT2D eigenvalue weighted by molar-refractivity contribution is 0.214. The Morgan fingerprint density at radius 2 is 1.77 bits per heavy atom. The molecule has 0 aromatic heterocycles. The van der Waals surface area contributed by atoms with E-state index < -0.39 is 11.3 Å². The van der Waals surface area contributed by atoms with Crippen molar-refractivity contribution in [2.45, 2.75) is 24.7 Å². The minimum Gasteiger partial charge on any atom is -0.399 e. The molecule has 2 atom stereocenters. The van der Waals surface area contributed by atoms with Crippen molar-refractivity contribution in [3.05, 3.63) is 52.7 Å². The highest BCUT2D eigenvalue weighted by Gasteiger charge is 2.54. The molecule has 0 unspecified atom stereocenters. The molecule has 1 aromatic carbocycles. The SMILES string of the molecule is CCN1CC=C2C(C#N)=C(N)C(C#N)(C#N)[C@H](c3ccc(SC)cc3)[C@H]2C1.CCO.Cl. The molecule has 164 valence electrons. The van der Waals surface area contributed by atoms with Gasteiger partial charge in [0, 0.05) is 36.4 Å². The monoisotopic (exact) mass is 457 g/mol. The summed E-state index contributed by atoms with van der Waals surface area (Å²) < 4.78 is 0. The molecule has 1 aliphatic heterocycles. The van der Waals surface area contributed by atoms with E-state index in [2.05, 4.69) is 30.0 Å². The van der Waals surface area contributed by atoms with Crippen LogP contribution in [0.5, 0.6) is 0 Å². The number of likely N-dealkylation sites (N-methyl/N-ethyl adjacent to an activating group) is 1. The highest BCUT2D eigenvalue weighted by molar-refractivity contribution is 7.98. The predicted octanol–water partition coefficient (Wildman–Crippen LogP) is 3.57. The van der Waals surface area contributed by atoms with Crippen molar-refractivity contribution in [3.63, 3.8) is 0 Å². The van der Waals surface area contributed by atoms with Gasteiger partial charge in [-0.1, -0.05) is 25.1 Å². The number of aliphatic hydroxyl groups excluding tert-OH is 1. The van der Waals surface area contributed by atoms with Crippen LogP contribution in [0, 0.1) is 45.3 Å². The zero-order valence-electron chi connectivity index (χ0n) is 18.0. The van der Waals surface area contributed by atoms with Gasteiger partial charge in [-0.05, 0) is 43.0 Å². The van der Waals surface area contributed by atoms with Crippen molar-refractivity contribution < 1.29 is 5.11 Å². The van der Waals surface area contributed by atoms with Gasteiger partial charge in [0.25, 0.3) is 0 Å². The van der Waals surface area contributed by atoms with Crippen LogP contribution < -0.4 is 5.73 Å². The van der Waals surface area contributed by atoms with Gasteiger partial charge in [0.2, 0.25) is 0 Å². The summed E-state index contributed by atoms with van der Waals surface area (Å²) in [5.74, 6) is -0.541. The standard InChI is InChI=1S/C21H21N5S.C2H6O.ClH/c1-3-26-9-8-16-17(10-22)20(25)21(12-23,13-24)19(18(16)11-26)14-4-6-15(27-2)7-5-14;1-2-3;/h4-8,18-19H,3,9,11,25H2,1-2H3;3H,2H2,1H3;1H/t18-,19+;;/m0../s1. The Morgan fingerprint density at radius 1 is 1.19 bits per heavy atom. The quantitative estimate of drug-likeness (QED) is 0.665. The minimum atomic E-state index is -1.55. The number of thioether (sulfide) groups is 1. The molecule has 1 aliphatic carbocycles. The van der Waals surface area contributed by atoms with E-state index >= 15 is 0 Å². The zero-order chi connectivity index (χ0) is 22.3. The first-order valence-electron chi connectivity index (χ1n) is 9.88. The second-order valence-electron chi connectivity index (χ2n) is 7.12. The van der Waals surface area contributed by atoms with Gasteiger partial charge in [-0.2, -0.15) is 15.8 Å². The van der Waals surface area contributed by atoms with Crippen LogP contribution >= 0.6 is 24.2 Å². The molecule has 0 saturated carbocycles. The van der Waals surface area contributed by atoms with Crippen molar-refractivity contribution >= 4 is 24.2 Å². The molecule has 3 N–H and O–H groups in total. The maximum absolute atomic E-state index is 10.0. The molecule has 8 heteroatoms. The maximum atomic E-state index is 10.0. The van der Waals surface area contributed by atoms with E-state index in [1.54, 1.807) is 18.7 Å². The average molecular weight is 458 g/mol. The third-order valence-corrected chi connectivity index (χ3v) is 6.41. The number of halogens is 1. The van der Waals surface area contributed by atoms with Crippen LogP contribution in [0.2, 0.25) is 0 Å². The van der Waals surface area contributed by atoms with Crippen molar-refractivity contribution in [1.29, 1.82) is 15.8 Å². The predicted molar refractivity (Wildman–Crippen MR) is 125 cm³/mol. The lowest BCUT2D eigenvalue weighted by atomic mass is 9.58. The van der Waals surface area contributed by atoms with Gasteiger partial charge in [-0.25, -0.2) is 0 Å².